The Hall–Kier alpha value is -1.15. The molecule has 0 radical (unpaired) electrons. The topological polar surface area (TPSA) is 37.3 Å². The highest BCUT2D eigenvalue weighted by molar-refractivity contribution is 6.03. The summed E-state index contributed by atoms with van der Waals surface area (Å²) in [5.74, 6) is 0.337. The number of aliphatic hydroxyl groups excluding tert-OH is 1. The Morgan fingerprint density at radius 1 is 1.47 bits per heavy atom. The largest absolute Gasteiger partial charge is 0.392 e. The molecular weight excluding hydrogens is 188 g/mol. The number of aliphatic hydroxyl groups is 1. The Labute approximate surface area is 89.9 Å². The second-order valence-electron chi connectivity index (χ2n) is 4.46. The molecule has 1 aromatic rings. The molecule has 1 aliphatic rings. The maximum atomic E-state index is 11.9. The van der Waals surface area contributed by atoms with Crippen molar-refractivity contribution in [3.8, 4) is 0 Å². The molecule has 1 aromatic carbocycles. The van der Waals surface area contributed by atoms with E-state index in [0.29, 0.717) is 0 Å². The van der Waals surface area contributed by atoms with Crippen LogP contribution in [0.2, 0.25) is 0 Å². The molecule has 0 saturated heterocycles. The quantitative estimate of drug-likeness (QED) is 0.761. The number of benzene rings is 1. The SMILES string of the molecule is Cc1cc2c(c(C)c1CO)C(=O)C(C)C2. The highest BCUT2D eigenvalue weighted by Gasteiger charge is 2.29. The van der Waals surface area contributed by atoms with Crippen LogP contribution in [0.3, 0.4) is 0 Å². The third kappa shape index (κ3) is 1.40. The Balaban J connectivity index is 2.68. The van der Waals surface area contributed by atoms with Crippen LogP contribution in [0.15, 0.2) is 6.07 Å². The first-order valence-corrected chi connectivity index (χ1v) is 5.33. The number of hydrogen-bond acceptors (Lipinski definition) is 2. The minimum Gasteiger partial charge on any atom is -0.392 e. The van der Waals surface area contributed by atoms with E-state index in [1.165, 1.54) is 0 Å². The Morgan fingerprint density at radius 2 is 2.13 bits per heavy atom. The van der Waals surface area contributed by atoms with Gasteiger partial charge in [-0.15, -0.1) is 0 Å². The van der Waals surface area contributed by atoms with Crippen molar-refractivity contribution in [2.45, 2.75) is 33.8 Å². The van der Waals surface area contributed by atoms with Gasteiger partial charge in [0.1, 0.15) is 0 Å². The van der Waals surface area contributed by atoms with Gasteiger partial charge in [-0.05, 0) is 42.5 Å². The van der Waals surface area contributed by atoms with Gasteiger partial charge in [0.15, 0.2) is 5.78 Å². The molecule has 0 bridgehead atoms. The summed E-state index contributed by atoms with van der Waals surface area (Å²) in [4.78, 5) is 11.9. The summed E-state index contributed by atoms with van der Waals surface area (Å²) in [5, 5.41) is 9.27. The first-order chi connectivity index (χ1) is 7.06. The fourth-order valence-electron chi connectivity index (χ4n) is 2.52. The Morgan fingerprint density at radius 3 is 2.73 bits per heavy atom. The van der Waals surface area contributed by atoms with Crippen molar-refractivity contribution in [2.24, 2.45) is 5.92 Å². The zero-order valence-electron chi connectivity index (χ0n) is 9.42. The average Bonchev–Trinajstić information content (AvgIpc) is 2.43. The number of ketones is 1. The maximum absolute atomic E-state index is 11.9. The molecule has 2 nitrogen and oxygen atoms in total. The van der Waals surface area contributed by atoms with Crippen LogP contribution >= 0.6 is 0 Å². The molecular formula is C13H16O2. The lowest BCUT2D eigenvalue weighted by molar-refractivity contribution is 0.0945. The molecule has 80 valence electrons. The van der Waals surface area contributed by atoms with Crippen molar-refractivity contribution in [2.75, 3.05) is 0 Å². The fourth-order valence-corrected chi connectivity index (χ4v) is 2.52. The highest BCUT2D eigenvalue weighted by atomic mass is 16.3. The standard InChI is InChI=1S/C13H16O2/c1-7-4-10-5-8(2)13(15)12(10)9(3)11(7)6-14/h4,8,14H,5-6H2,1-3H3. The molecule has 0 amide bonds. The van der Waals surface area contributed by atoms with Crippen LogP contribution < -0.4 is 0 Å². The molecule has 2 rings (SSSR count). The average molecular weight is 204 g/mol. The minimum absolute atomic E-state index is 0.0204. The van der Waals surface area contributed by atoms with Crippen LogP contribution in [0.5, 0.6) is 0 Å². The summed E-state index contributed by atoms with van der Waals surface area (Å²) in [6.45, 7) is 5.92. The number of aryl methyl sites for hydroxylation is 1. The zero-order valence-corrected chi connectivity index (χ0v) is 9.42. The van der Waals surface area contributed by atoms with E-state index in [1.54, 1.807) is 0 Å². The lowest BCUT2D eigenvalue weighted by Crippen LogP contribution is -2.06. The smallest absolute Gasteiger partial charge is 0.166 e. The van der Waals surface area contributed by atoms with Gasteiger partial charge in [-0.1, -0.05) is 13.0 Å². The van der Waals surface area contributed by atoms with E-state index in [-0.39, 0.29) is 18.3 Å². The number of Topliss-reactive ketones (excluding diaryl/α,β-unsaturated/α-hetero) is 1. The molecule has 1 atom stereocenters. The van der Waals surface area contributed by atoms with E-state index in [4.69, 9.17) is 0 Å². The van der Waals surface area contributed by atoms with E-state index in [1.807, 2.05) is 20.8 Å². The van der Waals surface area contributed by atoms with Crippen molar-refractivity contribution in [3.63, 3.8) is 0 Å². The predicted molar refractivity (Wildman–Crippen MR) is 59.0 cm³/mol. The first-order valence-electron chi connectivity index (χ1n) is 5.33. The summed E-state index contributed by atoms with van der Waals surface area (Å²) in [5.41, 5.74) is 4.99. The van der Waals surface area contributed by atoms with Crippen LogP contribution in [0.1, 0.15) is 39.5 Å². The van der Waals surface area contributed by atoms with Crippen LogP contribution in [0.4, 0.5) is 0 Å². The highest BCUT2D eigenvalue weighted by Crippen LogP contribution is 2.32. The summed E-state index contributed by atoms with van der Waals surface area (Å²) in [6.07, 6.45) is 0.849. The molecule has 1 unspecified atom stereocenters. The van der Waals surface area contributed by atoms with Gasteiger partial charge in [-0.3, -0.25) is 4.79 Å². The van der Waals surface area contributed by atoms with E-state index in [9.17, 15) is 9.90 Å². The predicted octanol–water partition coefficient (Wildman–Crippen LogP) is 2.17. The van der Waals surface area contributed by atoms with Crippen molar-refractivity contribution in [3.05, 3.63) is 33.9 Å². The molecule has 1 N–H and O–H groups in total. The Bertz CT molecular complexity index is 433. The molecule has 1 aliphatic carbocycles. The third-order valence-corrected chi connectivity index (χ3v) is 3.39. The monoisotopic (exact) mass is 204 g/mol. The van der Waals surface area contributed by atoms with Gasteiger partial charge in [-0.2, -0.15) is 0 Å². The van der Waals surface area contributed by atoms with Crippen molar-refractivity contribution < 1.29 is 9.90 Å². The summed E-state index contributed by atoms with van der Waals surface area (Å²) < 4.78 is 0. The maximum Gasteiger partial charge on any atom is 0.166 e. The second-order valence-corrected chi connectivity index (χ2v) is 4.46. The third-order valence-electron chi connectivity index (χ3n) is 3.39. The van der Waals surface area contributed by atoms with Gasteiger partial charge >= 0.3 is 0 Å². The normalized spacial score (nSPS) is 19.5. The van der Waals surface area contributed by atoms with Gasteiger partial charge in [-0.25, -0.2) is 0 Å². The summed E-state index contributed by atoms with van der Waals surface area (Å²) in [6, 6.07) is 2.05. The van der Waals surface area contributed by atoms with Crippen LogP contribution in [0.25, 0.3) is 0 Å². The minimum atomic E-state index is 0.0204. The van der Waals surface area contributed by atoms with Gasteiger partial charge < -0.3 is 5.11 Å². The number of fused-ring (bicyclic) bond motifs is 1. The Kier molecular flexibility index (Phi) is 2.39. The zero-order chi connectivity index (χ0) is 11.2. The molecule has 0 heterocycles. The number of carbonyl (C=O) groups excluding carboxylic acids is 1. The van der Waals surface area contributed by atoms with Crippen molar-refractivity contribution >= 4 is 5.78 Å². The molecule has 2 heteroatoms. The van der Waals surface area contributed by atoms with Crippen molar-refractivity contribution in [1.82, 2.24) is 0 Å². The van der Waals surface area contributed by atoms with E-state index >= 15 is 0 Å². The number of carbonyl (C=O) groups is 1. The summed E-state index contributed by atoms with van der Waals surface area (Å²) >= 11 is 0. The molecule has 0 aromatic heterocycles. The summed E-state index contributed by atoms with van der Waals surface area (Å²) in [7, 11) is 0. The van der Waals surface area contributed by atoms with Crippen LogP contribution in [0, 0.1) is 19.8 Å². The van der Waals surface area contributed by atoms with Gasteiger partial charge in [0.25, 0.3) is 0 Å². The lowest BCUT2D eigenvalue weighted by Gasteiger charge is -2.11. The number of hydrogen-bond donors (Lipinski definition) is 1. The van der Waals surface area contributed by atoms with Crippen molar-refractivity contribution in [1.29, 1.82) is 0 Å². The second kappa shape index (κ2) is 3.46. The van der Waals surface area contributed by atoms with Gasteiger partial charge in [0.05, 0.1) is 6.61 Å². The van der Waals surface area contributed by atoms with E-state index in [2.05, 4.69) is 6.07 Å². The first kappa shape index (κ1) is 10.4. The van der Waals surface area contributed by atoms with Crippen LogP contribution in [-0.2, 0) is 13.0 Å². The molecule has 15 heavy (non-hydrogen) atoms. The molecule has 0 aliphatic heterocycles. The van der Waals surface area contributed by atoms with Gasteiger partial charge in [0, 0.05) is 11.5 Å². The van der Waals surface area contributed by atoms with Gasteiger partial charge in [0.2, 0.25) is 0 Å². The molecule has 0 fully saturated rings. The van der Waals surface area contributed by atoms with Crippen LogP contribution in [-0.4, -0.2) is 10.9 Å². The molecule has 0 spiro atoms. The van der Waals surface area contributed by atoms with E-state index in [0.717, 1.165) is 34.2 Å². The van der Waals surface area contributed by atoms with E-state index < -0.39 is 0 Å². The molecule has 0 saturated carbocycles. The number of rotatable bonds is 1. The fraction of sp³-hybridized carbons (Fsp3) is 0.462. The lowest BCUT2D eigenvalue weighted by atomic mass is 9.94.